The largest absolute Gasteiger partial charge is 0.462 e. The number of pyridine rings is 1. The highest BCUT2D eigenvalue weighted by atomic mass is 35.5. The quantitative estimate of drug-likeness (QED) is 0.610. The minimum absolute atomic E-state index is 0.0386. The van der Waals surface area contributed by atoms with Crippen molar-refractivity contribution in [3.63, 3.8) is 0 Å². The number of aromatic nitrogens is 1. The predicted molar refractivity (Wildman–Crippen MR) is 54.9 cm³/mol. The molecule has 0 atom stereocenters. The number of halogens is 3. The van der Waals surface area contributed by atoms with Gasteiger partial charge in [-0.3, -0.25) is 0 Å². The average Bonchev–Trinajstić information content (AvgIpc) is 2.21. The van der Waals surface area contributed by atoms with Crippen molar-refractivity contribution >= 4 is 17.6 Å². The number of hydrogen-bond acceptors (Lipinski definition) is 3. The van der Waals surface area contributed by atoms with Gasteiger partial charge < -0.3 is 4.74 Å². The van der Waals surface area contributed by atoms with Crippen molar-refractivity contribution in [1.29, 1.82) is 0 Å². The minimum atomic E-state index is -2.79. The Labute approximate surface area is 96.4 Å². The van der Waals surface area contributed by atoms with Gasteiger partial charge in [0.2, 0.25) is 0 Å². The predicted octanol–water partition coefficient (Wildman–Crippen LogP) is 3.16. The molecule has 0 saturated carbocycles. The van der Waals surface area contributed by atoms with Crippen LogP contribution in [-0.2, 0) is 4.74 Å². The van der Waals surface area contributed by atoms with E-state index in [1.165, 1.54) is 6.92 Å². The van der Waals surface area contributed by atoms with E-state index in [2.05, 4.69) is 9.72 Å². The van der Waals surface area contributed by atoms with Crippen molar-refractivity contribution in [2.24, 2.45) is 0 Å². The van der Waals surface area contributed by atoms with Crippen LogP contribution < -0.4 is 0 Å². The van der Waals surface area contributed by atoms with Crippen molar-refractivity contribution in [2.75, 3.05) is 6.61 Å². The van der Waals surface area contributed by atoms with Gasteiger partial charge in [-0.25, -0.2) is 18.6 Å². The molecule has 0 saturated heterocycles. The molecule has 0 unspecified atom stereocenters. The molecule has 16 heavy (non-hydrogen) atoms. The number of carbonyl (C=O) groups is 1. The van der Waals surface area contributed by atoms with Crippen molar-refractivity contribution in [3.8, 4) is 0 Å². The molecule has 3 nitrogen and oxygen atoms in total. The number of nitrogens with zero attached hydrogens (tertiary/aromatic N) is 1. The second-order valence-corrected chi connectivity index (χ2v) is 3.38. The molecule has 0 spiro atoms. The second kappa shape index (κ2) is 5.21. The highest BCUT2D eigenvalue weighted by Crippen LogP contribution is 2.29. The molecule has 1 aromatic rings. The summed E-state index contributed by atoms with van der Waals surface area (Å²) in [5.41, 5.74) is -0.556. The van der Waals surface area contributed by atoms with Gasteiger partial charge in [-0.1, -0.05) is 11.6 Å². The smallest absolute Gasteiger partial charge is 0.340 e. The summed E-state index contributed by atoms with van der Waals surface area (Å²) in [4.78, 5) is 15.1. The first-order chi connectivity index (χ1) is 7.49. The monoisotopic (exact) mass is 249 g/mol. The maximum absolute atomic E-state index is 12.8. The van der Waals surface area contributed by atoms with Crippen LogP contribution in [0.25, 0.3) is 0 Å². The third-order valence-corrected chi connectivity index (χ3v) is 2.41. The van der Waals surface area contributed by atoms with Crippen LogP contribution in [-0.4, -0.2) is 17.6 Å². The van der Waals surface area contributed by atoms with Gasteiger partial charge in [0.05, 0.1) is 12.2 Å². The summed E-state index contributed by atoms with van der Waals surface area (Å²) >= 11 is 5.62. The Hall–Kier alpha value is -1.23. The number of carbonyl (C=O) groups excluding carboxylic acids is 1. The molecule has 0 aliphatic rings. The number of ether oxygens (including phenoxy) is 1. The summed E-state index contributed by atoms with van der Waals surface area (Å²) in [7, 11) is 0. The molecular weight excluding hydrogens is 240 g/mol. The lowest BCUT2D eigenvalue weighted by molar-refractivity contribution is 0.0514. The summed E-state index contributed by atoms with van der Waals surface area (Å²) in [6.45, 7) is 3.10. The third-order valence-electron chi connectivity index (χ3n) is 2.02. The maximum Gasteiger partial charge on any atom is 0.340 e. The molecule has 1 aromatic heterocycles. The van der Waals surface area contributed by atoms with Gasteiger partial charge in [-0.2, -0.15) is 0 Å². The molecule has 6 heteroatoms. The van der Waals surface area contributed by atoms with Crippen LogP contribution in [0.1, 0.15) is 34.8 Å². The molecule has 1 rings (SSSR count). The van der Waals surface area contributed by atoms with Crippen LogP contribution in [0.2, 0.25) is 5.15 Å². The van der Waals surface area contributed by atoms with Crippen molar-refractivity contribution in [1.82, 2.24) is 4.98 Å². The van der Waals surface area contributed by atoms with Crippen molar-refractivity contribution < 1.29 is 18.3 Å². The topological polar surface area (TPSA) is 39.2 Å². The van der Waals surface area contributed by atoms with Gasteiger partial charge in [0, 0.05) is 11.8 Å². The molecule has 0 aliphatic heterocycles. The second-order valence-electron chi connectivity index (χ2n) is 3.02. The Morgan fingerprint density at radius 2 is 2.25 bits per heavy atom. The lowest BCUT2D eigenvalue weighted by Crippen LogP contribution is -2.11. The molecule has 0 aromatic carbocycles. The maximum atomic E-state index is 12.8. The molecular formula is C10H10ClF2NO2. The zero-order chi connectivity index (χ0) is 12.3. The highest BCUT2D eigenvalue weighted by Gasteiger charge is 2.23. The summed E-state index contributed by atoms with van der Waals surface area (Å²) in [6.07, 6.45) is -1.78. The summed E-state index contributed by atoms with van der Waals surface area (Å²) in [5.74, 6) is -0.815. The summed E-state index contributed by atoms with van der Waals surface area (Å²) in [5, 5.41) is -0.0386. The molecule has 1 heterocycles. The fourth-order valence-electron chi connectivity index (χ4n) is 1.25. The number of alkyl halides is 2. The van der Waals surface area contributed by atoms with E-state index in [-0.39, 0.29) is 22.9 Å². The van der Waals surface area contributed by atoms with Crippen LogP contribution in [0.3, 0.4) is 0 Å². The third kappa shape index (κ3) is 2.47. The van der Waals surface area contributed by atoms with Gasteiger partial charge in [0.1, 0.15) is 5.15 Å². The van der Waals surface area contributed by atoms with E-state index in [4.69, 9.17) is 11.6 Å². The highest BCUT2D eigenvalue weighted by molar-refractivity contribution is 6.30. The van der Waals surface area contributed by atoms with E-state index in [0.717, 1.165) is 6.20 Å². The van der Waals surface area contributed by atoms with E-state index in [1.807, 2.05) is 0 Å². The summed E-state index contributed by atoms with van der Waals surface area (Å²) in [6, 6.07) is 0. The van der Waals surface area contributed by atoms with Crippen LogP contribution in [0.15, 0.2) is 6.20 Å². The molecule has 0 fully saturated rings. The zero-order valence-corrected chi connectivity index (χ0v) is 9.52. The molecule has 0 radical (unpaired) electrons. The Morgan fingerprint density at radius 3 is 2.75 bits per heavy atom. The van der Waals surface area contributed by atoms with E-state index < -0.39 is 18.0 Å². The number of rotatable bonds is 3. The van der Waals surface area contributed by atoms with E-state index in [9.17, 15) is 13.6 Å². The van der Waals surface area contributed by atoms with Crippen LogP contribution in [0, 0.1) is 6.92 Å². The zero-order valence-electron chi connectivity index (χ0n) is 8.76. The lowest BCUT2D eigenvalue weighted by atomic mass is 10.1. The fourth-order valence-corrected chi connectivity index (χ4v) is 1.40. The minimum Gasteiger partial charge on any atom is -0.462 e. The molecule has 0 amide bonds. The lowest BCUT2D eigenvalue weighted by Gasteiger charge is -2.11. The number of hydrogen-bond donors (Lipinski definition) is 0. The average molecular weight is 250 g/mol. The van der Waals surface area contributed by atoms with Gasteiger partial charge in [0.15, 0.2) is 0 Å². The first-order valence-electron chi connectivity index (χ1n) is 4.59. The standard InChI is InChI=1S/C10H10ClF2NO2/c1-3-16-10(15)6-4-14-8(11)5(2)7(6)9(12)13/h4,9H,3H2,1-2H3. The van der Waals surface area contributed by atoms with Gasteiger partial charge in [-0.15, -0.1) is 0 Å². The molecule has 0 bridgehead atoms. The first-order valence-corrected chi connectivity index (χ1v) is 4.97. The Bertz CT molecular complexity index is 410. The molecule has 0 aliphatic carbocycles. The van der Waals surface area contributed by atoms with Crippen LogP contribution in [0.4, 0.5) is 8.78 Å². The Kier molecular flexibility index (Phi) is 4.18. The van der Waals surface area contributed by atoms with Gasteiger partial charge in [-0.05, 0) is 19.4 Å². The summed E-state index contributed by atoms with van der Waals surface area (Å²) < 4.78 is 30.2. The first kappa shape index (κ1) is 12.8. The van der Waals surface area contributed by atoms with Crippen LogP contribution >= 0.6 is 11.6 Å². The fraction of sp³-hybridized carbons (Fsp3) is 0.400. The van der Waals surface area contributed by atoms with E-state index in [1.54, 1.807) is 6.92 Å². The van der Waals surface area contributed by atoms with Crippen molar-refractivity contribution in [2.45, 2.75) is 20.3 Å². The normalized spacial score (nSPS) is 10.6. The van der Waals surface area contributed by atoms with Gasteiger partial charge >= 0.3 is 5.97 Å². The van der Waals surface area contributed by atoms with Gasteiger partial charge in [0.25, 0.3) is 6.43 Å². The molecule has 0 N–H and O–H groups in total. The molecule has 88 valence electrons. The SMILES string of the molecule is CCOC(=O)c1cnc(Cl)c(C)c1C(F)F. The Morgan fingerprint density at radius 1 is 1.62 bits per heavy atom. The number of esters is 1. The van der Waals surface area contributed by atoms with E-state index >= 15 is 0 Å². The van der Waals surface area contributed by atoms with Crippen LogP contribution in [0.5, 0.6) is 0 Å². The Balaban J connectivity index is 3.28. The van der Waals surface area contributed by atoms with Crippen molar-refractivity contribution in [3.05, 3.63) is 28.0 Å². The van der Waals surface area contributed by atoms with E-state index in [0.29, 0.717) is 0 Å².